The number of aliphatic carboxylic acids is 1. The van der Waals surface area contributed by atoms with E-state index in [1.165, 1.54) is 23.1 Å². The fourth-order valence-corrected chi connectivity index (χ4v) is 3.19. The van der Waals surface area contributed by atoms with E-state index in [2.05, 4.69) is 4.98 Å². The van der Waals surface area contributed by atoms with Crippen LogP contribution >= 0.6 is 23.1 Å². The molecule has 94 valence electrons. The van der Waals surface area contributed by atoms with Gasteiger partial charge in [0.25, 0.3) is 0 Å². The van der Waals surface area contributed by atoms with Crippen LogP contribution in [0.1, 0.15) is 11.3 Å². The summed E-state index contributed by atoms with van der Waals surface area (Å²) in [6.07, 6.45) is 0.547. The molecule has 18 heavy (non-hydrogen) atoms. The van der Waals surface area contributed by atoms with Crippen molar-refractivity contribution in [1.82, 2.24) is 4.98 Å². The van der Waals surface area contributed by atoms with Crippen molar-refractivity contribution < 1.29 is 9.90 Å². The van der Waals surface area contributed by atoms with Crippen LogP contribution in [0, 0.1) is 0 Å². The SMILES string of the molecule is O=C(O)C(Cc1ccccc1)SCc1cscn1. The van der Waals surface area contributed by atoms with E-state index in [0.717, 1.165) is 11.3 Å². The van der Waals surface area contributed by atoms with E-state index in [1.807, 2.05) is 35.7 Å². The Kier molecular flexibility index (Phi) is 4.78. The highest BCUT2D eigenvalue weighted by atomic mass is 32.2. The average Bonchev–Trinajstić information content (AvgIpc) is 2.88. The number of thiazole rings is 1. The topological polar surface area (TPSA) is 50.2 Å². The van der Waals surface area contributed by atoms with Crippen LogP contribution in [-0.4, -0.2) is 21.3 Å². The van der Waals surface area contributed by atoms with Crippen molar-refractivity contribution in [2.75, 3.05) is 0 Å². The third-order valence-electron chi connectivity index (χ3n) is 2.46. The molecule has 1 atom stereocenters. The number of hydrogen-bond donors (Lipinski definition) is 1. The van der Waals surface area contributed by atoms with Gasteiger partial charge in [0.15, 0.2) is 0 Å². The zero-order valence-corrected chi connectivity index (χ0v) is 11.3. The van der Waals surface area contributed by atoms with Crippen LogP contribution in [0.2, 0.25) is 0 Å². The molecule has 1 aromatic carbocycles. The second kappa shape index (κ2) is 6.56. The molecule has 0 bridgehead atoms. The third kappa shape index (κ3) is 3.85. The van der Waals surface area contributed by atoms with Gasteiger partial charge in [-0.1, -0.05) is 30.3 Å². The maximum absolute atomic E-state index is 11.2. The molecule has 2 rings (SSSR count). The molecule has 1 unspecified atom stereocenters. The highest BCUT2D eigenvalue weighted by Crippen LogP contribution is 2.21. The number of benzene rings is 1. The van der Waals surface area contributed by atoms with Crippen LogP contribution in [0.25, 0.3) is 0 Å². The highest BCUT2D eigenvalue weighted by molar-refractivity contribution is 7.99. The number of carbonyl (C=O) groups is 1. The number of nitrogens with zero attached hydrogens (tertiary/aromatic N) is 1. The van der Waals surface area contributed by atoms with Crippen molar-refractivity contribution in [3.63, 3.8) is 0 Å². The van der Waals surface area contributed by atoms with Crippen LogP contribution in [0.4, 0.5) is 0 Å². The molecule has 1 heterocycles. The summed E-state index contributed by atoms with van der Waals surface area (Å²) in [5, 5.41) is 10.8. The molecule has 1 N–H and O–H groups in total. The number of aromatic nitrogens is 1. The lowest BCUT2D eigenvalue weighted by atomic mass is 10.1. The van der Waals surface area contributed by atoms with E-state index < -0.39 is 11.2 Å². The quantitative estimate of drug-likeness (QED) is 0.883. The molecule has 0 fully saturated rings. The van der Waals surface area contributed by atoms with Crippen molar-refractivity contribution in [1.29, 1.82) is 0 Å². The maximum Gasteiger partial charge on any atom is 0.316 e. The summed E-state index contributed by atoms with van der Waals surface area (Å²) < 4.78 is 0. The fourth-order valence-electron chi connectivity index (χ4n) is 1.54. The van der Waals surface area contributed by atoms with Gasteiger partial charge in [-0.3, -0.25) is 4.79 Å². The molecule has 0 aliphatic heterocycles. The van der Waals surface area contributed by atoms with Crippen molar-refractivity contribution in [3.8, 4) is 0 Å². The van der Waals surface area contributed by atoms with Gasteiger partial charge in [-0.2, -0.15) is 0 Å². The standard InChI is InChI=1S/C13H13NO2S2/c15-13(16)12(6-10-4-2-1-3-5-10)18-8-11-7-17-9-14-11/h1-5,7,9,12H,6,8H2,(H,15,16). The van der Waals surface area contributed by atoms with Gasteiger partial charge in [-0.05, 0) is 12.0 Å². The summed E-state index contributed by atoms with van der Waals surface area (Å²) in [4.78, 5) is 15.4. The zero-order chi connectivity index (χ0) is 12.8. The minimum absolute atomic E-state index is 0.422. The molecule has 0 saturated carbocycles. The van der Waals surface area contributed by atoms with Crippen LogP contribution in [0.5, 0.6) is 0 Å². The molecule has 0 aliphatic carbocycles. The van der Waals surface area contributed by atoms with Gasteiger partial charge in [-0.25, -0.2) is 4.98 Å². The second-order valence-corrected chi connectivity index (χ2v) is 5.72. The first-order valence-electron chi connectivity index (χ1n) is 5.51. The second-order valence-electron chi connectivity index (χ2n) is 3.81. The number of thioether (sulfide) groups is 1. The minimum Gasteiger partial charge on any atom is -0.480 e. The van der Waals surface area contributed by atoms with Gasteiger partial charge < -0.3 is 5.11 Å². The van der Waals surface area contributed by atoms with Crippen LogP contribution in [0.15, 0.2) is 41.2 Å². The van der Waals surface area contributed by atoms with Crippen LogP contribution in [-0.2, 0) is 17.0 Å². The smallest absolute Gasteiger partial charge is 0.316 e. The lowest BCUT2D eigenvalue weighted by Gasteiger charge is -2.11. The summed E-state index contributed by atoms with van der Waals surface area (Å²) in [5.41, 5.74) is 3.77. The Hall–Kier alpha value is -1.33. The molecule has 0 spiro atoms. The molecular formula is C13H13NO2S2. The largest absolute Gasteiger partial charge is 0.480 e. The Morgan fingerprint density at radius 1 is 1.39 bits per heavy atom. The van der Waals surface area contributed by atoms with E-state index in [9.17, 15) is 9.90 Å². The summed E-state index contributed by atoms with van der Waals surface area (Å²) in [7, 11) is 0. The predicted molar refractivity (Wildman–Crippen MR) is 75.0 cm³/mol. The Morgan fingerprint density at radius 2 is 2.17 bits per heavy atom. The summed E-state index contributed by atoms with van der Waals surface area (Å²) >= 11 is 2.96. The average molecular weight is 279 g/mol. The molecule has 5 heteroatoms. The number of hydrogen-bond acceptors (Lipinski definition) is 4. The van der Waals surface area contributed by atoms with E-state index in [4.69, 9.17) is 0 Å². The van der Waals surface area contributed by atoms with E-state index in [1.54, 1.807) is 5.51 Å². The fraction of sp³-hybridized carbons (Fsp3) is 0.231. The van der Waals surface area contributed by atoms with Gasteiger partial charge in [0.1, 0.15) is 5.25 Å². The van der Waals surface area contributed by atoms with Crippen LogP contribution < -0.4 is 0 Å². The predicted octanol–water partition coefficient (Wildman–Crippen LogP) is 3.07. The first-order valence-corrected chi connectivity index (χ1v) is 7.50. The number of carboxylic acid groups (broad SMARTS) is 1. The van der Waals surface area contributed by atoms with Crippen LogP contribution in [0.3, 0.4) is 0 Å². The lowest BCUT2D eigenvalue weighted by Crippen LogP contribution is -2.19. The van der Waals surface area contributed by atoms with Gasteiger partial charge in [0, 0.05) is 11.1 Å². The van der Waals surface area contributed by atoms with E-state index in [0.29, 0.717) is 12.2 Å². The molecule has 2 aromatic rings. The zero-order valence-electron chi connectivity index (χ0n) is 9.65. The Labute approximate surface area is 114 Å². The van der Waals surface area contributed by atoms with E-state index in [-0.39, 0.29) is 0 Å². The molecule has 0 amide bonds. The maximum atomic E-state index is 11.2. The first kappa shape index (κ1) is 13.1. The molecule has 0 aliphatic rings. The van der Waals surface area contributed by atoms with Gasteiger partial charge in [-0.15, -0.1) is 23.1 Å². The first-order chi connectivity index (χ1) is 8.75. The van der Waals surface area contributed by atoms with Crippen molar-refractivity contribution in [2.45, 2.75) is 17.4 Å². The Morgan fingerprint density at radius 3 is 2.78 bits per heavy atom. The molecule has 0 radical (unpaired) electrons. The van der Waals surface area contributed by atoms with Gasteiger partial charge in [0.2, 0.25) is 0 Å². The van der Waals surface area contributed by atoms with Gasteiger partial charge in [0.05, 0.1) is 11.2 Å². The molecule has 0 saturated heterocycles. The summed E-state index contributed by atoms with van der Waals surface area (Å²) in [6.45, 7) is 0. The van der Waals surface area contributed by atoms with Crippen molar-refractivity contribution in [2.24, 2.45) is 0 Å². The summed E-state index contributed by atoms with van der Waals surface area (Å²) in [5.74, 6) is -0.119. The van der Waals surface area contributed by atoms with Crippen molar-refractivity contribution in [3.05, 3.63) is 52.5 Å². The molecular weight excluding hydrogens is 266 g/mol. The van der Waals surface area contributed by atoms with E-state index >= 15 is 0 Å². The molecule has 3 nitrogen and oxygen atoms in total. The normalized spacial score (nSPS) is 12.2. The molecule has 1 aromatic heterocycles. The Bertz CT molecular complexity index is 485. The third-order valence-corrected chi connectivity index (χ3v) is 4.32. The lowest BCUT2D eigenvalue weighted by molar-refractivity contribution is -0.136. The van der Waals surface area contributed by atoms with Gasteiger partial charge >= 0.3 is 5.97 Å². The van der Waals surface area contributed by atoms with Crippen molar-refractivity contribution >= 4 is 29.1 Å². The Balaban J connectivity index is 1.94. The summed E-state index contributed by atoms with van der Waals surface area (Å²) in [6, 6.07) is 9.71. The monoisotopic (exact) mass is 279 g/mol. The highest BCUT2D eigenvalue weighted by Gasteiger charge is 2.18. The minimum atomic E-state index is -0.765. The number of rotatable bonds is 6. The number of carboxylic acids is 1.